The molecular weight excluding hydrogens is 295 g/mol. The normalized spacial score (nSPS) is 13.0. The molecule has 0 aliphatic rings. The van der Waals surface area contributed by atoms with Crippen molar-refractivity contribution in [3.05, 3.63) is 29.8 Å². The molecule has 1 rings (SSSR count). The van der Waals surface area contributed by atoms with Gasteiger partial charge in [-0.25, -0.2) is 0 Å². The lowest BCUT2D eigenvalue weighted by atomic mass is 10.0. The molecule has 1 unspecified atom stereocenters. The van der Waals surface area contributed by atoms with Crippen LogP contribution in [0.1, 0.15) is 39.2 Å². The minimum absolute atomic E-state index is 0.0139. The summed E-state index contributed by atoms with van der Waals surface area (Å²) in [7, 11) is 0. The molecule has 0 aliphatic heterocycles. The van der Waals surface area contributed by atoms with Crippen LogP contribution in [0.5, 0.6) is 5.75 Å². The maximum Gasteiger partial charge on any atom is 0.416 e. The molecule has 1 amide bonds. The number of hydrogen-bond donors (Lipinski definition) is 1. The van der Waals surface area contributed by atoms with E-state index in [4.69, 9.17) is 4.74 Å². The van der Waals surface area contributed by atoms with Crippen LogP contribution in [0.3, 0.4) is 0 Å². The van der Waals surface area contributed by atoms with Crippen LogP contribution in [0.4, 0.5) is 13.2 Å². The summed E-state index contributed by atoms with van der Waals surface area (Å²) in [5, 5.41) is 2.76. The first kappa shape index (κ1) is 18.3. The van der Waals surface area contributed by atoms with Gasteiger partial charge in [0.25, 0.3) is 5.91 Å². The average Bonchev–Trinajstić information content (AvgIpc) is 2.42. The van der Waals surface area contributed by atoms with Crippen molar-refractivity contribution in [2.75, 3.05) is 6.61 Å². The van der Waals surface area contributed by atoms with Gasteiger partial charge in [-0.1, -0.05) is 19.9 Å². The van der Waals surface area contributed by atoms with E-state index >= 15 is 0 Å². The number of ether oxygens (including phenoxy) is 1. The predicted molar refractivity (Wildman–Crippen MR) is 78.6 cm³/mol. The largest absolute Gasteiger partial charge is 0.484 e. The summed E-state index contributed by atoms with van der Waals surface area (Å²) in [6.45, 7) is 5.80. The summed E-state index contributed by atoms with van der Waals surface area (Å²) in [6, 6.07) is 4.50. The average molecular weight is 317 g/mol. The van der Waals surface area contributed by atoms with E-state index in [1.54, 1.807) is 0 Å². The number of halogens is 3. The van der Waals surface area contributed by atoms with Crippen LogP contribution in [0.25, 0.3) is 0 Å². The maximum absolute atomic E-state index is 12.6. The van der Waals surface area contributed by atoms with Crippen molar-refractivity contribution in [3.63, 3.8) is 0 Å². The van der Waals surface area contributed by atoms with Gasteiger partial charge >= 0.3 is 6.18 Å². The van der Waals surface area contributed by atoms with E-state index in [1.807, 2.05) is 6.92 Å². The van der Waals surface area contributed by atoms with Crippen LogP contribution < -0.4 is 10.1 Å². The lowest BCUT2D eigenvalue weighted by Gasteiger charge is -2.15. The fourth-order valence-electron chi connectivity index (χ4n) is 1.88. The predicted octanol–water partition coefficient (Wildman–Crippen LogP) is 4.03. The van der Waals surface area contributed by atoms with Gasteiger partial charge in [-0.05, 0) is 43.9 Å². The van der Waals surface area contributed by atoms with Gasteiger partial charge in [0.15, 0.2) is 6.61 Å². The number of carbonyl (C=O) groups is 1. The Morgan fingerprint density at radius 2 is 1.91 bits per heavy atom. The van der Waals surface area contributed by atoms with Crippen LogP contribution in [0, 0.1) is 5.92 Å². The molecule has 0 heterocycles. The molecule has 1 N–H and O–H groups in total. The van der Waals surface area contributed by atoms with Crippen molar-refractivity contribution in [2.45, 2.75) is 45.8 Å². The van der Waals surface area contributed by atoms with Crippen LogP contribution in [0.2, 0.25) is 0 Å². The Labute approximate surface area is 128 Å². The lowest BCUT2D eigenvalue weighted by Crippen LogP contribution is -2.36. The highest BCUT2D eigenvalue weighted by molar-refractivity contribution is 5.77. The molecule has 0 spiro atoms. The maximum atomic E-state index is 12.6. The summed E-state index contributed by atoms with van der Waals surface area (Å²) < 4.78 is 42.8. The van der Waals surface area contributed by atoms with Gasteiger partial charge in [-0.3, -0.25) is 4.79 Å². The lowest BCUT2D eigenvalue weighted by molar-refractivity contribution is -0.137. The summed E-state index contributed by atoms with van der Waals surface area (Å²) in [5.41, 5.74) is -0.796. The van der Waals surface area contributed by atoms with Crippen LogP contribution in [0.15, 0.2) is 24.3 Å². The van der Waals surface area contributed by atoms with Crippen molar-refractivity contribution in [3.8, 4) is 5.75 Å². The Balaban J connectivity index is 2.44. The van der Waals surface area contributed by atoms with Crippen LogP contribution in [-0.4, -0.2) is 18.6 Å². The standard InChI is InChI=1S/C16H22F3NO2/c1-11(2)7-8-12(3)20-15(21)10-22-14-6-4-5-13(9-14)16(17,18)19/h4-6,9,11-12H,7-8,10H2,1-3H3,(H,20,21). The molecule has 0 saturated heterocycles. The number of nitrogens with one attached hydrogen (secondary N) is 1. The van der Waals surface area contributed by atoms with E-state index in [1.165, 1.54) is 12.1 Å². The van der Waals surface area contributed by atoms with E-state index in [0.717, 1.165) is 25.0 Å². The topological polar surface area (TPSA) is 38.3 Å². The molecule has 1 atom stereocenters. The fraction of sp³-hybridized carbons (Fsp3) is 0.562. The Hall–Kier alpha value is -1.72. The number of hydrogen-bond acceptors (Lipinski definition) is 2. The van der Waals surface area contributed by atoms with E-state index in [9.17, 15) is 18.0 Å². The van der Waals surface area contributed by atoms with Gasteiger partial charge in [-0.2, -0.15) is 13.2 Å². The number of alkyl halides is 3. The quantitative estimate of drug-likeness (QED) is 0.824. The van der Waals surface area contributed by atoms with E-state index in [2.05, 4.69) is 19.2 Å². The summed E-state index contributed by atoms with van der Waals surface area (Å²) in [6.07, 6.45) is -2.57. The van der Waals surface area contributed by atoms with Crippen LogP contribution in [-0.2, 0) is 11.0 Å². The monoisotopic (exact) mass is 317 g/mol. The minimum Gasteiger partial charge on any atom is -0.484 e. The highest BCUT2D eigenvalue weighted by atomic mass is 19.4. The zero-order valence-electron chi connectivity index (χ0n) is 13.0. The highest BCUT2D eigenvalue weighted by Gasteiger charge is 2.30. The van der Waals surface area contributed by atoms with E-state index < -0.39 is 11.7 Å². The van der Waals surface area contributed by atoms with E-state index in [-0.39, 0.29) is 24.3 Å². The summed E-state index contributed by atoms with van der Waals surface area (Å²) >= 11 is 0. The van der Waals surface area contributed by atoms with Crippen molar-refractivity contribution < 1.29 is 22.7 Å². The molecule has 0 fully saturated rings. The third-order valence-electron chi connectivity index (χ3n) is 3.12. The molecule has 1 aromatic rings. The molecule has 0 aromatic heterocycles. The Morgan fingerprint density at radius 3 is 2.50 bits per heavy atom. The zero-order chi connectivity index (χ0) is 16.8. The van der Waals surface area contributed by atoms with Crippen molar-refractivity contribution >= 4 is 5.91 Å². The van der Waals surface area contributed by atoms with Crippen molar-refractivity contribution in [1.82, 2.24) is 5.32 Å². The molecule has 124 valence electrons. The molecule has 0 radical (unpaired) electrons. The van der Waals surface area contributed by atoms with Crippen LogP contribution >= 0.6 is 0 Å². The van der Waals surface area contributed by atoms with Crippen molar-refractivity contribution in [2.24, 2.45) is 5.92 Å². The zero-order valence-corrected chi connectivity index (χ0v) is 13.0. The third-order valence-corrected chi connectivity index (χ3v) is 3.12. The molecule has 1 aromatic carbocycles. The summed E-state index contributed by atoms with van der Waals surface area (Å²) in [4.78, 5) is 11.7. The second-order valence-electron chi connectivity index (χ2n) is 5.75. The first-order valence-corrected chi connectivity index (χ1v) is 7.28. The van der Waals surface area contributed by atoms with Gasteiger partial charge in [-0.15, -0.1) is 0 Å². The Kier molecular flexibility index (Phi) is 6.71. The second kappa shape index (κ2) is 8.06. The smallest absolute Gasteiger partial charge is 0.416 e. The number of amides is 1. The highest BCUT2D eigenvalue weighted by Crippen LogP contribution is 2.31. The number of benzene rings is 1. The number of carbonyl (C=O) groups excluding carboxylic acids is 1. The fourth-order valence-corrected chi connectivity index (χ4v) is 1.88. The van der Waals surface area contributed by atoms with Gasteiger partial charge in [0.2, 0.25) is 0 Å². The van der Waals surface area contributed by atoms with Gasteiger partial charge in [0.1, 0.15) is 5.75 Å². The number of rotatable bonds is 7. The minimum atomic E-state index is -4.42. The first-order chi connectivity index (χ1) is 10.2. The Bertz CT molecular complexity index is 487. The molecule has 0 bridgehead atoms. The van der Waals surface area contributed by atoms with E-state index in [0.29, 0.717) is 5.92 Å². The SMILES string of the molecule is CC(C)CCC(C)NC(=O)COc1cccc(C(F)(F)F)c1. The second-order valence-corrected chi connectivity index (χ2v) is 5.75. The Morgan fingerprint density at radius 1 is 1.23 bits per heavy atom. The van der Waals surface area contributed by atoms with Gasteiger partial charge in [0.05, 0.1) is 5.56 Å². The van der Waals surface area contributed by atoms with Gasteiger partial charge < -0.3 is 10.1 Å². The van der Waals surface area contributed by atoms with Gasteiger partial charge in [0, 0.05) is 6.04 Å². The molecule has 6 heteroatoms. The third kappa shape index (κ3) is 6.83. The molecular formula is C16H22F3NO2. The first-order valence-electron chi connectivity index (χ1n) is 7.28. The summed E-state index contributed by atoms with van der Waals surface area (Å²) in [5.74, 6) is 0.245. The molecule has 0 saturated carbocycles. The van der Waals surface area contributed by atoms with Crippen molar-refractivity contribution in [1.29, 1.82) is 0 Å². The molecule has 0 aliphatic carbocycles. The molecule has 3 nitrogen and oxygen atoms in total. The molecule has 22 heavy (non-hydrogen) atoms.